The smallest absolute Gasteiger partial charge is 0.258 e. The zero-order valence-corrected chi connectivity index (χ0v) is 11.7. The predicted molar refractivity (Wildman–Crippen MR) is 82.3 cm³/mol. The second kappa shape index (κ2) is 5.68. The molecule has 0 spiro atoms. The van der Waals surface area contributed by atoms with E-state index in [0.717, 1.165) is 11.1 Å². The minimum atomic E-state index is -0.463. The lowest BCUT2D eigenvalue weighted by atomic mass is 10.1. The third kappa shape index (κ3) is 2.91. The summed E-state index contributed by atoms with van der Waals surface area (Å²) in [6.07, 6.45) is 3.38. The van der Waals surface area contributed by atoms with Gasteiger partial charge in [0.05, 0.1) is 21.7 Å². The molecule has 3 aromatic rings. The van der Waals surface area contributed by atoms with E-state index in [1.807, 2.05) is 0 Å². The van der Waals surface area contributed by atoms with Gasteiger partial charge in [0.15, 0.2) is 0 Å². The summed E-state index contributed by atoms with van der Waals surface area (Å²) in [6, 6.07) is 12.2. The first-order chi connectivity index (χ1) is 11.0. The van der Waals surface area contributed by atoms with E-state index >= 15 is 0 Å². The maximum atomic E-state index is 10.7. The van der Waals surface area contributed by atoms with Gasteiger partial charge in [-0.1, -0.05) is 0 Å². The lowest BCUT2D eigenvalue weighted by Gasteiger charge is -2.00. The van der Waals surface area contributed by atoms with Gasteiger partial charge in [0.2, 0.25) is 0 Å². The van der Waals surface area contributed by atoms with Crippen molar-refractivity contribution in [1.29, 1.82) is 0 Å². The van der Waals surface area contributed by atoms with Crippen LogP contribution in [0.4, 0.5) is 11.4 Å². The van der Waals surface area contributed by atoms with Crippen molar-refractivity contribution in [3.8, 4) is 16.8 Å². The summed E-state index contributed by atoms with van der Waals surface area (Å²) in [5.74, 6) is 0. The number of non-ortho nitro benzene ring substituents is 2. The SMILES string of the molecule is O=[N+]([O-])c1ccc(-c2cnn(-c3ccc([N+](=O)[O-])cc3)c2)cc1. The molecule has 0 saturated heterocycles. The van der Waals surface area contributed by atoms with Crippen LogP contribution < -0.4 is 0 Å². The Balaban J connectivity index is 1.87. The molecule has 0 aliphatic carbocycles. The maximum Gasteiger partial charge on any atom is 0.269 e. The van der Waals surface area contributed by atoms with Gasteiger partial charge in [0, 0.05) is 36.0 Å². The van der Waals surface area contributed by atoms with E-state index in [-0.39, 0.29) is 11.4 Å². The molecule has 0 N–H and O–H groups in total. The first kappa shape index (κ1) is 14.4. The largest absolute Gasteiger partial charge is 0.269 e. The van der Waals surface area contributed by atoms with Crippen LogP contribution in [-0.2, 0) is 0 Å². The van der Waals surface area contributed by atoms with Gasteiger partial charge in [-0.3, -0.25) is 20.2 Å². The Morgan fingerprint density at radius 2 is 1.30 bits per heavy atom. The molecule has 0 atom stereocenters. The van der Waals surface area contributed by atoms with E-state index in [0.29, 0.717) is 5.69 Å². The molecule has 0 amide bonds. The Morgan fingerprint density at radius 3 is 1.83 bits per heavy atom. The number of benzene rings is 2. The number of nitro groups is 2. The fourth-order valence-corrected chi connectivity index (χ4v) is 2.12. The summed E-state index contributed by atoms with van der Waals surface area (Å²) < 4.78 is 1.58. The molecule has 1 aromatic heterocycles. The van der Waals surface area contributed by atoms with Crippen molar-refractivity contribution in [2.24, 2.45) is 0 Å². The molecule has 0 aliphatic rings. The van der Waals surface area contributed by atoms with Gasteiger partial charge in [-0.2, -0.15) is 5.10 Å². The zero-order valence-electron chi connectivity index (χ0n) is 11.7. The number of nitrogens with zero attached hydrogens (tertiary/aromatic N) is 4. The van der Waals surface area contributed by atoms with E-state index in [4.69, 9.17) is 0 Å². The van der Waals surface area contributed by atoms with Crippen LogP contribution in [0, 0.1) is 20.2 Å². The maximum absolute atomic E-state index is 10.7. The van der Waals surface area contributed by atoms with Crippen molar-refractivity contribution in [3.63, 3.8) is 0 Å². The number of hydrogen-bond acceptors (Lipinski definition) is 5. The standard InChI is InChI=1S/C15H10N4O4/c20-18(21)14-3-1-11(2-4-14)12-9-16-17(10-12)13-5-7-15(8-6-13)19(22)23/h1-10H. The minimum Gasteiger partial charge on any atom is -0.258 e. The zero-order chi connectivity index (χ0) is 16.4. The highest BCUT2D eigenvalue weighted by atomic mass is 16.6. The van der Waals surface area contributed by atoms with Crippen LogP contribution in [0.25, 0.3) is 16.8 Å². The van der Waals surface area contributed by atoms with Crippen molar-refractivity contribution < 1.29 is 9.85 Å². The second-order valence-electron chi connectivity index (χ2n) is 4.75. The van der Waals surface area contributed by atoms with Gasteiger partial charge in [-0.25, -0.2) is 4.68 Å². The van der Waals surface area contributed by atoms with Crippen molar-refractivity contribution in [2.75, 3.05) is 0 Å². The summed E-state index contributed by atoms with van der Waals surface area (Å²) >= 11 is 0. The van der Waals surface area contributed by atoms with E-state index in [1.165, 1.54) is 24.3 Å². The fourth-order valence-electron chi connectivity index (χ4n) is 2.12. The van der Waals surface area contributed by atoms with Crippen molar-refractivity contribution in [3.05, 3.63) is 81.2 Å². The normalized spacial score (nSPS) is 10.4. The Bertz CT molecular complexity index is 797. The van der Waals surface area contributed by atoms with E-state index < -0.39 is 9.85 Å². The van der Waals surface area contributed by atoms with Crippen LogP contribution in [0.15, 0.2) is 60.9 Å². The molecular formula is C15H10N4O4. The molecule has 0 fully saturated rings. The van der Waals surface area contributed by atoms with Gasteiger partial charge in [-0.05, 0) is 29.8 Å². The number of aromatic nitrogens is 2. The Labute approximate surface area is 129 Å². The van der Waals surface area contributed by atoms with Crippen LogP contribution in [0.5, 0.6) is 0 Å². The van der Waals surface area contributed by atoms with Crippen LogP contribution in [0.1, 0.15) is 0 Å². The van der Waals surface area contributed by atoms with Gasteiger partial charge in [0.1, 0.15) is 0 Å². The molecular weight excluding hydrogens is 300 g/mol. The second-order valence-corrected chi connectivity index (χ2v) is 4.75. The lowest BCUT2D eigenvalue weighted by molar-refractivity contribution is -0.385. The molecule has 0 unspecified atom stereocenters. The highest BCUT2D eigenvalue weighted by molar-refractivity contribution is 5.63. The van der Waals surface area contributed by atoms with Gasteiger partial charge in [-0.15, -0.1) is 0 Å². The third-order valence-corrected chi connectivity index (χ3v) is 3.32. The van der Waals surface area contributed by atoms with E-state index in [1.54, 1.807) is 41.3 Å². The molecule has 0 bridgehead atoms. The Hall–Kier alpha value is -3.55. The van der Waals surface area contributed by atoms with Crippen molar-refractivity contribution >= 4 is 11.4 Å². The van der Waals surface area contributed by atoms with Crippen LogP contribution >= 0.6 is 0 Å². The molecule has 0 radical (unpaired) electrons. The molecule has 8 heteroatoms. The minimum absolute atomic E-state index is 0.0106. The first-order valence-corrected chi connectivity index (χ1v) is 6.59. The number of hydrogen-bond donors (Lipinski definition) is 0. The van der Waals surface area contributed by atoms with E-state index in [9.17, 15) is 20.2 Å². The molecule has 3 rings (SSSR count). The Morgan fingerprint density at radius 1 is 0.783 bits per heavy atom. The molecule has 114 valence electrons. The van der Waals surface area contributed by atoms with Crippen molar-refractivity contribution in [1.82, 2.24) is 9.78 Å². The van der Waals surface area contributed by atoms with Gasteiger partial charge >= 0.3 is 0 Å². The predicted octanol–water partition coefficient (Wildman–Crippen LogP) is 3.36. The molecule has 8 nitrogen and oxygen atoms in total. The topological polar surface area (TPSA) is 104 Å². The summed E-state index contributed by atoms with van der Waals surface area (Å²) in [7, 11) is 0. The van der Waals surface area contributed by atoms with Gasteiger partial charge < -0.3 is 0 Å². The lowest BCUT2D eigenvalue weighted by Crippen LogP contribution is -1.94. The number of rotatable bonds is 4. The van der Waals surface area contributed by atoms with E-state index in [2.05, 4.69) is 5.10 Å². The highest BCUT2D eigenvalue weighted by Gasteiger charge is 2.09. The number of nitro benzene ring substituents is 2. The van der Waals surface area contributed by atoms with Crippen LogP contribution in [0.3, 0.4) is 0 Å². The average Bonchev–Trinajstić information content (AvgIpc) is 3.05. The summed E-state index contributed by atoms with van der Waals surface area (Å²) in [6.45, 7) is 0. The molecule has 2 aromatic carbocycles. The summed E-state index contributed by atoms with van der Waals surface area (Å²) in [5.41, 5.74) is 2.30. The van der Waals surface area contributed by atoms with Crippen LogP contribution in [0.2, 0.25) is 0 Å². The average molecular weight is 310 g/mol. The monoisotopic (exact) mass is 310 g/mol. The van der Waals surface area contributed by atoms with Gasteiger partial charge in [0.25, 0.3) is 11.4 Å². The fraction of sp³-hybridized carbons (Fsp3) is 0. The van der Waals surface area contributed by atoms with Crippen LogP contribution in [-0.4, -0.2) is 19.6 Å². The molecule has 23 heavy (non-hydrogen) atoms. The quantitative estimate of drug-likeness (QED) is 0.543. The highest BCUT2D eigenvalue weighted by Crippen LogP contribution is 2.23. The molecule has 0 aliphatic heterocycles. The molecule has 1 heterocycles. The molecule has 0 saturated carbocycles. The Kier molecular flexibility index (Phi) is 3.55. The first-order valence-electron chi connectivity index (χ1n) is 6.59. The summed E-state index contributed by atoms with van der Waals surface area (Å²) in [4.78, 5) is 20.4. The van der Waals surface area contributed by atoms with Crippen molar-refractivity contribution in [2.45, 2.75) is 0 Å². The third-order valence-electron chi connectivity index (χ3n) is 3.32. The summed E-state index contributed by atoms with van der Waals surface area (Å²) in [5, 5.41) is 25.5.